The standard InChI is InChI=1S/C18H20N4O2/c1-18(2,3)15-11-16(20-24-15)22(14-7-5-4-6-8-14)17(23)12-21-10-9-19-13-21/h4-11,13H,12H2,1-3H3. The molecule has 0 spiro atoms. The lowest BCUT2D eigenvalue weighted by atomic mass is 9.93. The van der Waals surface area contributed by atoms with E-state index in [1.165, 1.54) is 0 Å². The lowest BCUT2D eigenvalue weighted by Gasteiger charge is -2.20. The molecule has 0 saturated carbocycles. The van der Waals surface area contributed by atoms with Crippen LogP contribution in [0.1, 0.15) is 26.5 Å². The van der Waals surface area contributed by atoms with Crippen molar-refractivity contribution >= 4 is 17.4 Å². The van der Waals surface area contributed by atoms with Gasteiger partial charge in [0.05, 0.1) is 12.0 Å². The summed E-state index contributed by atoms with van der Waals surface area (Å²) in [5, 5.41) is 4.11. The van der Waals surface area contributed by atoms with Crippen LogP contribution in [0.4, 0.5) is 11.5 Å². The van der Waals surface area contributed by atoms with Crippen LogP contribution in [0.15, 0.2) is 59.6 Å². The SMILES string of the molecule is CC(C)(C)c1cc(N(C(=O)Cn2ccnc2)c2ccccc2)no1. The van der Waals surface area contributed by atoms with Gasteiger partial charge in [-0.25, -0.2) is 4.98 Å². The average Bonchev–Trinajstić information content (AvgIpc) is 3.20. The van der Waals surface area contributed by atoms with E-state index in [1.54, 1.807) is 28.2 Å². The molecule has 2 aromatic heterocycles. The maximum atomic E-state index is 12.9. The second-order valence-corrected chi connectivity index (χ2v) is 6.60. The number of anilines is 2. The maximum absolute atomic E-state index is 12.9. The van der Waals surface area contributed by atoms with Crippen LogP contribution in [-0.4, -0.2) is 20.6 Å². The van der Waals surface area contributed by atoms with Gasteiger partial charge in [0.15, 0.2) is 5.82 Å². The fourth-order valence-corrected chi connectivity index (χ4v) is 2.31. The third-order valence-electron chi connectivity index (χ3n) is 3.61. The Balaban J connectivity index is 1.96. The molecule has 0 fully saturated rings. The maximum Gasteiger partial charge on any atom is 0.252 e. The van der Waals surface area contributed by atoms with Crippen molar-refractivity contribution in [1.82, 2.24) is 14.7 Å². The molecule has 0 aliphatic heterocycles. The van der Waals surface area contributed by atoms with Crippen molar-refractivity contribution in [3.63, 3.8) is 0 Å². The zero-order chi connectivity index (χ0) is 17.2. The fourth-order valence-electron chi connectivity index (χ4n) is 2.31. The van der Waals surface area contributed by atoms with Crippen LogP contribution >= 0.6 is 0 Å². The van der Waals surface area contributed by atoms with E-state index in [0.29, 0.717) is 5.82 Å². The molecule has 0 radical (unpaired) electrons. The Morgan fingerprint density at radius 3 is 2.58 bits per heavy atom. The molecule has 6 nitrogen and oxygen atoms in total. The Morgan fingerprint density at radius 2 is 2.00 bits per heavy atom. The highest BCUT2D eigenvalue weighted by atomic mass is 16.5. The van der Waals surface area contributed by atoms with Gasteiger partial charge in [0.2, 0.25) is 0 Å². The summed E-state index contributed by atoms with van der Waals surface area (Å²) in [6.45, 7) is 6.29. The number of carbonyl (C=O) groups is 1. The molecule has 3 aromatic rings. The predicted octanol–water partition coefficient (Wildman–Crippen LogP) is 3.53. The van der Waals surface area contributed by atoms with Crippen molar-refractivity contribution < 1.29 is 9.32 Å². The van der Waals surface area contributed by atoms with Gasteiger partial charge in [-0.05, 0) is 12.1 Å². The number of hydrogen-bond donors (Lipinski definition) is 0. The molecule has 3 rings (SSSR count). The Hall–Kier alpha value is -2.89. The number of imidazole rings is 1. The minimum Gasteiger partial charge on any atom is -0.359 e. The van der Waals surface area contributed by atoms with Gasteiger partial charge in [0.1, 0.15) is 12.3 Å². The molecular formula is C18H20N4O2. The second kappa shape index (κ2) is 6.31. The van der Waals surface area contributed by atoms with Crippen LogP contribution < -0.4 is 4.90 Å². The highest BCUT2D eigenvalue weighted by molar-refractivity contribution is 5.99. The van der Waals surface area contributed by atoms with E-state index in [1.807, 2.05) is 57.2 Å². The van der Waals surface area contributed by atoms with Crippen molar-refractivity contribution in [1.29, 1.82) is 0 Å². The number of benzene rings is 1. The Morgan fingerprint density at radius 1 is 1.25 bits per heavy atom. The van der Waals surface area contributed by atoms with E-state index < -0.39 is 0 Å². The molecular weight excluding hydrogens is 304 g/mol. The lowest BCUT2D eigenvalue weighted by Crippen LogP contribution is -2.29. The summed E-state index contributed by atoms with van der Waals surface area (Å²) in [7, 11) is 0. The molecule has 24 heavy (non-hydrogen) atoms. The van der Waals surface area contributed by atoms with E-state index in [0.717, 1.165) is 11.4 Å². The molecule has 0 aliphatic carbocycles. The molecule has 1 amide bonds. The quantitative estimate of drug-likeness (QED) is 0.736. The molecule has 0 bridgehead atoms. The van der Waals surface area contributed by atoms with Gasteiger partial charge < -0.3 is 9.09 Å². The second-order valence-electron chi connectivity index (χ2n) is 6.60. The summed E-state index contributed by atoms with van der Waals surface area (Å²) in [6, 6.07) is 11.2. The fraction of sp³-hybridized carbons (Fsp3) is 0.278. The Bertz CT molecular complexity index is 801. The largest absolute Gasteiger partial charge is 0.359 e. The van der Waals surface area contributed by atoms with Gasteiger partial charge in [-0.15, -0.1) is 0 Å². The van der Waals surface area contributed by atoms with Crippen molar-refractivity contribution in [2.45, 2.75) is 32.7 Å². The molecule has 0 atom stereocenters. The minimum absolute atomic E-state index is 0.118. The van der Waals surface area contributed by atoms with Crippen molar-refractivity contribution in [2.75, 3.05) is 4.90 Å². The van der Waals surface area contributed by atoms with Crippen LogP contribution in [0.25, 0.3) is 0 Å². The molecule has 0 saturated heterocycles. The number of nitrogens with zero attached hydrogens (tertiary/aromatic N) is 4. The van der Waals surface area contributed by atoms with Crippen molar-refractivity contribution in [3.8, 4) is 0 Å². The number of aromatic nitrogens is 3. The summed E-state index contributed by atoms with van der Waals surface area (Å²) in [5.41, 5.74) is 0.567. The first-order chi connectivity index (χ1) is 11.4. The van der Waals surface area contributed by atoms with Gasteiger partial charge in [0.25, 0.3) is 5.91 Å². The predicted molar refractivity (Wildman–Crippen MR) is 91.0 cm³/mol. The number of carbonyl (C=O) groups excluding carboxylic acids is 1. The molecule has 0 aliphatic rings. The summed E-state index contributed by atoms with van der Waals surface area (Å²) >= 11 is 0. The van der Waals surface area contributed by atoms with Gasteiger partial charge in [-0.2, -0.15) is 0 Å². The molecule has 0 N–H and O–H groups in total. The van der Waals surface area contributed by atoms with Crippen molar-refractivity contribution in [3.05, 3.63) is 60.9 Å². The normalized spacial score (nSPS) is 11.5. The smallest absolute Gasteiger partial charge is 0.252 e. The zero-order valence-corrected chi connectivity index (χ0v) is 14.0. The van der Waals surface area contributed by atoms with E-state index >= 15 is 0 Å². The third kappa shape index (κ3) is 3.37. The topological polar surface area (TPSA) is 64.2 Å². The van der Waals surface area contributed by atoms with Crippen LogP contribution in [-0.2, 0) is 16.8 Å². The summed E-state index contributed by atoms with van der Waals surface area (Å²) in [6.07, 6.45) is 5.02. The van der Waals surface area contributed by atoms with Crippen LogP contribution in [0, 0.1) is 0 Å². The van der Waals surface area contributed by atoms with Gasteiger partial charge in [0, 0.05) is 23.9 Å². The number of para-hydroxylation sites is 1. The summed E-state index contributed by atoms with van der Waals surface area (Å²) in [4.78, 5) is 18.4. The van der Waals surface area contributed by atoms with Gasteiger partial charge in [-0.1, -0.05) is 44.1 Å². The monoisotopic (exact) mass is 324 g/mol. The number of hydrogen-bond acceptors (Lipinski definition) is 4. The summed E-state index contributed by atoms with van der Waals surface area (Å²) in [5.74, 6) is 1.10. The first-order valence-corrected chi connectivity index (χ1v) is 7.76. The van der Waals surface area contributed by atoms with E-state index in [2.05, 4.69) is 10.1 Å². The number of amides is 1. The Kier molecular flexibility index (Phi) is 4.20. The van der Waals surface area contributed by atoms with Crippen molar-refractivity contribution in [2.24, 2.45) is 0 Å². The first kappa shape index (κ1) is 16.0. The molecule has 124 valence electrons. The van der Waals surface area contributed by atoms with Crippen LogP contribution in [0.3, 0.4) is 0 Å². The molecule has 2 heterocycles. The third-order valence-corrected chi connectivity index (χ3v) is 3.61. The van der Waals surface area contributed by atoms with E-state index in [4.69, 9.17) is 4.52 Å². The molecule has 1 aromatic carbocycles. The highest BCUT2D eigenvalue weighted by Gasteiger charge is 2.25. The van der Waals surface area contributed by atoms with E-state index in [9.17, 15) is 4.79 Å². The molecule has 6 heteroatoms. The summed E-state index contributed by atoms with van der Waals surface area (Å²) < 4.78 is 7.18. The van der Waals surface area contributed by atoms with Gasteiger partial charge >= 0.3 is 0 Å². The van der Waals surface area contributed by atoms with Crippen LogP contribution in [0.5, 0.6) is 0 Å². The van der Waals surface area contributed by atoms with E-state index in [-0.39, 0.29) is 17.9 Å². The molecule has 0 unspecified atom stereocenters. The lowest BCUT2D eigenvalue weighted by molar-refractivity contribution is -0.118. The van der Waals surface area contributed by atoms with Gasteiger partial charge in [-0.3, -0.25) is 9.69 Å². The zero-order valence-electron chi connectivity index (χ0n) is 14.0. The minimum atomic E-state index is -0.180. The van der Waals surface area contributed by atoms with Crippen LogP contribution in [0.2, 0.25) is 0 Å². The highest BCUT2D eigenvalue weighted by Crippen LogP contribution is 2.30. The first-order valence-electron chi connectivity index (χ1n) is 7.76. The number of rotatable bonds is 4. The Labute approximate surface area is 140 Å². The average molecular weight is 324 g/mol.